The number of aryl methyl sites for hydroxylation is 2. The van der Waals surface area contributed by atoms with Crippen LogP contribution in [0.1, 0.15) is 21.5 Å². The highest BCUT2D eigenvalue weighted by molar-refractivity contribution is 6.08. The molecule has 3 aromatic carbocycles. The third-order valence-electron chi connectivity index (χ3n) is 4.49. The Morgan fingerprint density at radius 2 is 1.65 bits per heavy atom. The summed E-state index contributed by atoms with van der Waals surface area (Å²) in [6.07, 6.45) is 0. The first-order valence-electron chi connectivity index (χ1n) is 8.46. The van der Waals surface area contributed by atoms with E-state index in [1.165, 1.54) is 0 Å². The van der Waals surface area contributed by atoms with Gasteiger partial charge in [0, 0.05) is 16.8 Å². The highest BCUT2D eigenvalue weighted by Gasteiger charge is 2.15. The zero-order valence-corrected chi connectivity index (χ0v) is 14.6. The van der Waals surface area contributed by atoms with E-state index in [-0.39, 0.29) is 5.91 Å². The summed E-state index contributed by atoms with van der Waals surface area (Å²) in [5.74, 6) is 0.520. The largest absolute Gasteiger partial charge is 0.355 e. The molecule has 0 spiro atoms. The molecule has 4 rings (SSSR count). The number of benzene rings is 3. The number of anilines is 1. The van der Waals surface area contributed by atoms with Gasteiger partial charge in [0.15, 0.2) is 5.76 Å². The maximum atomic E-state index is 12.8. The molecule has 1 amide bonds. The van der Waals surface area contributed by atoms with Crippen molar-refractivity contribution in [3.8, 4) is 11.3 Å². The number of carbonyl (C=O) groups excluding carboxylic acids is 1. The fourth-order valence-electron chi connectivity index (χ4n) is 3.08. The van der Waals surface area contributed by atoms with Gasteiger partial charge < -0.3 is 9.84 Å². The van der Waals surface area contributed by atoms with E-state index in [0.717, 1.165) is 33.3 Å². The van der Waals surface area contributed by atoms with Crippen LogP contribution in [0, 0.1) is 13.8 Å². The minimum absolute atomic E-state index is 0.149. The number of hydrogen-bond donors (Lipinski definition) is 1. The maximum absolute atomic E-state index is 12.8. The lowest BCUT2D eigenvalue weighted by Gasteiger charge is -2.11. The topological polar surface area (TPSA) is 55.1 Å². The quantitative estimate of drug-likeness (QED) is 0.545. The molecule has 0 fully saturated rings. The Bertz CT molecular complexity index is 1080. The molecule has 1 heterocycles. The van der Waals surface area contributed by atoms with E-state index >= 15 is 0 Å². The van der Waals surface area contributed by atoms with Crippen LogP contribution in [0.2, 0.25) is 0 Å². The molecule has 0 saturated heterocycles. The Morgan fingerprint density at radius 3 is 2.38 bits per heavy atom. The van der Waals surface area contributed by atoms with E-state index in [1.54, 1.807) is 6.07 Å². The van der Waals surface area contributed by atoms with Gasteiger partial charge in [0.05, 0.1) is 5.39 Å². The summed E-state index contributed by atoms with van der Waals surface area (Å²) < 4.78 is 5.51. The second-order valence-corrected chi connectivity index (χ2v) is 6.33. The number of hydrogen-bond acceptors (Lipinski definition) is 3. The van der Waals surface area contributed by atoms with Crippen LogP contribution >= 0.6 is 0 Å². The first-order chi connectivity index (χ1) is 12.6. The number of amides is 1. The molecule has 0 saturated carbocycles. The van der Waals surface area contributed by atoms with Gasteiger partial charge >= 0.3 is 0 Å². The number of rotatable bonds is 3. The van der Waals surface area contributed by atoms with Gasteiger partial charge in [-0.15, -0.1) is 0 Å². The van der Waals surface area contributed by atoms with Gasteiger partial charge in [-0.25, -0.2) is 0 Å². The van der Waals surface area contributed by atoms with Gasteiger partial charge in [-0.1, -0.05) is 53.7 Å². The second-order valence-electron chi connectivity index (χ2n) is 6.33. The predicted molar refractivity (Wildman–Crippen MR) is 103 cm³/mol. The number of carbonyl (C=O) groups is 1. The summed E-state index contributed by atoms with van der Waals surface area (Å²) in [4.78, 5) is 12.8. The van der Waals surface area contributed by atoms with Crippen LogP contribution in [0.3, 0.4) is 0 Å². The van der Waals surface area contributed by atoms with Crippen molar-refractivity contribution in [2.75, 3.05) is 5.32 Å². The van der Waals surface area contributed by atoms with Crippen molar-refractivity contribution < 1.29 is 9.32 Å². The van der Waals surface area contributed by atoms with Crippen molar-refractivity contribution in [1.29, 1.82) is 0 Å². The summed E-state index contributed by atoms with van der Waals surface area (Å²) in [6.45, 7) is 3.97. The van der Waals surface area contributed by atoms with Crippen LogP contribution in [0.15, 0.2) is 71.3 Å². The minimum Gasteiger partial charge on any atom is -0.355 e. The predicted octanol–water partition coefficient (Wildman–Crippen LogP) is 5.36. The first kappa shape index (κ1) is 16.1. The van der Waals surface area contributed by atoms with E-state index in [1.807, 2.05) is 74.5 Å². The van der Waals surface area contributed by atoms with Crippen LogP contribution in [-0.4, -0.2) is 11.1 Å². The van der Waals surface area contributed by atoms with Crippen molar-refractivity contribution >= 4 is 22.5 Å². The maximum Gasteiger partial charge on any atom is 0.255 e. The van der Waals surface area contributed by atoms with E-state index in [4.69, 9.17) is 4.52 Å². The Balaban J connectivity index is 1.72. The molecule has 4 aromatic rings. The zero-order chi connectivity index (χ0) is 18.1. The van der Waals surface area contributed by atoms with Crippen LogP contribution in [0.25, 0.3) is 22.2 Å². The number of nitrogens with one attached hydrogen (secondary N) is 1. The Hall–Kier alpha value is -3.40. The van der Waals surface area contributed by atoms with Gasteiger partial charge in [0.2, 0.25) is 0 Å². The SMILES string of the molecule is Cc1cccc(C)c1NC(=O)c1ccc2noc(-c3ccccc3)c2c1. The average Bonchev–Trinajstić information content (AvgIpc) is 3.08. The van der Waals surface area contributed by atoms with Gasteiger partial charge in [-0.2, -0.15) is 0 Å². The van der Waals surface area contributed by atoms with Gasteiger partial charge in [-0.3, -0.25) is 4.79 Å². The van der Waals surface area contributed by atoms with Crippen molar-refractivity contribution in [2.45, 2.75) is 13.8 Å². The third kappa shape index (κ3) is 2.86. The molecule has 0 unspecified atom stereocenters. The van der Waals surface area contributed by atoms with Crippen LogP contribution in [0.5, 0.6) is 0 Å². The molecule has 0 aliphatic carbocycles. The lowest BCUT2D eigenvalue weighted by molar-refractivity contribution is 0.102. The van der Waals surface area contributed by atoms with Crippen molar-refractivity contribution in [2.24, 2.45) is 0 Å². The molecule has 1 N–H and O–H groups in total. The Morgan fingerprint density at radius 1 is 0.923 bits per heavy atom. The molecular weight excluding hydrogens is 324 g/mol. The molecule has 0 radical (unpaired) electrons. The molecule has 0 bridgehead atoms. The van der Waals surface area contributed by atoms with Crippen molar-refractivity contribution in [3.05, 3.63) is 83.4 Å². The summed E-state index contributed by atoms with van der Waals surface area (Å²) in [6, 6.07) is 21.1. The first-order valence-corrected chi connectivity index (χ1v) is 8.46. The normalized spacial score (nSPS) is 10.8. The van der Waals surface area contributed by atoms with Crippen LogP contribution in [-0.2, 0) is 0 Å². The van der Waals surface area contributed by atoms with Gasteiger partial charge in [0.1, 0.15) is 5.52 Å². The Labute approximate surface area is 151 Å². The summed E-state index contributed by atoms with van der Waals surface area (Å²) >= 11 is 0. The number of nitrogens with zero attached hydrogens (tertiary/aromatic N) is 1. The highest BCUT2D eigenvalue weighted by atomic mass is 16.5. The van der Waals surface area contributed by atoms with E-state index in [2.05, 4.69) is 10.5 Å². The minimum atomic E-state index is -0.149. The molecule has 0 atom stereocenters. The van der Waals surface area contributed by atoms with Gasteiger partial charge in [-0.05, 0) is 43.2 Å². The zero-order valence-electron chi connectivity index (χ0n) is 14.6. The molecule has 4 heteroatoms. The lowest BCUT2D eigenvalue weighted by atomic mass is 10.1. The van der Waals surface area contributed by atoms with Gasteiger partial charge in [0.25, 0.3) is 5.91 Å². The molecule has 0 aliphatic heterocycles. The molecule has 4 nitrogen and oxygen atoms in total. The van der Waals surface area contributed by atoms with Crippen LogP contribution in [0.4, 0.5) is 5.69 Å². The summed E-state index contributed by atoms with van der Waals surface area (Å²) in [5.41, 5.74) is 5.16. The molecule has 128 valence electrons. The van der Waals surface area contributed by atoms with Crippen molar-refractivity contribution in [1.82, 2.24) is 5.16 Å². The Kier molecular flexibility index (Phi) is 4.01. The van der Waals surface area contributed by atoms with Crippen molar-refractivity contribution in [3.63, 3.8) is 0 Å². The monoisotopic (exact) mass is 342 g/mol. The number of aromatic nitrogens is 1. The average molecular weight is 342 g/mol. The van der Waals surface area contributed by atoms with E-state index in [0.29, 0.717) is 11.3 Å². The smallest absolute Gasteiger partial charge is 0.255 e. The summed E-state index contributed by atoms with van der Waals surface area (Å²) in [5, 5.41) is 7.95. The van der Waals surface area contributed by atoms with E-state index < -0.39 is 0 Å². The fraction of sp³-hybridized carbons (Fsp3) is 0.0909. The third-order valence-corrected chi connectivity index (χ3v) is 4.49. The summed E-state index contributed by atoms with van der Waals surface area (Å²) in [7, 11) is 0. The highest BCUT2D eigenvalue weighted by Crippen LogP contribution is 2.29. The van der Waals surface area contributed by atoms with E-state index in [9.17, 15) is 4.79 Å². The van der Waals surface area contributed by atoms with Crippen LogP contribution < -0.4 is 5.32 Å². The molecule has 26 heavy (non-hydrogen) atoms. The molecular formula is C22H18N2O2. The molecule has 0 aliphatic rings. The standard InChI is InChI=1S/C22H18N2O2/c1-14-7-6-8-15(2)20(14)23-22(25)17-11-12-19-18(13-17)21(26-24-19)16-9-4-3-5-10-16/h3-13H,1-2H3,(H,23,25). The second kappa shape index (κ2) is 6.48. The lowest BCUT2D eigenvalue weighted by Crippen LogP contribution is -2.13. The number of para-hydroxylation sites is 1. The number of fused-ring (bicyclic) bond motifs is 1. The fourth-order valence-corrected chi connectivity index (χ4v) is 3.08. The molecule has 1 aromatic heterocycles.